The number of aliphatic hydroxyl groups excluding tert-OH is 1. The molecule has 0 bridgehead atoms. The Morgan fingerprint density at radius 2 is 2.13 bits per heavy atom. The summed E-state index contributed by atoms with van der Waals surface area (Å²) in [5.41, 5.74) is 5.83. The van der Waals surface area contributed by atoms with Crippen molar-refractivity contribution in [2.24, 2.45) is 17.6 Å². The van der Waals surface area contributed by atoms with Crippen molar-refractivity contribution in [1.29, 1.82) is 0 Å². The summed E-state index contributed by atoms with van der Waals surface area (Å²) in [6.07, 6.45) is 3.77. The highest BCUT2D eigenvalue weighted by Crippen LogP contribution is 2.31. The van der Waals surface area contributed by atoms with Crippen molar-refractivity contribution in [3.63, 3.8) is 0 Å². The first-order valence-corrected chi connectivity index (χ1v) is 6.13. The Hall–Kier alpha value is -0.120. The van der Waals surface area contributed by atoms with Crippen LogP contribution in [0, 0.1) is 11.8 Å². The van der Waals surface area contributed by atoms with Gasteiger partial charge in [0.25, 0.3) is 0 Å². The molecule has 1 aliphatic rings. The molecule has 15 heavy (non-hydrogen) atoms. The van der Waals surface area contributed by atoms with E-state index in [-0.39, 0.29) is 12.6 Å². The summed E-state index contributed by atoms with van der Waals surface area (Å²) in [6, 6.07) is 0.801. The molecule has 0 amide bonds. The van der Waals surface area contributed by atoms with E-state index in [9.17, 15) is 5.11 Å². The van der Waals surface area contributed by atoms with Crippen molar-refractivity contribution in [3.8, 4) is 0 Å². The maximum absolute atomic E-state index is 9.19. The van der Waals surface area contributed by atoms with Crippen LogP contribution < -0.4 is 5.73 Å². The van der Waals surface area contributed by atoms with E-state index >= 15 is 0 Å². The number of hydrogen-bond donors (Lipinski definition) is 2. The van der Waals surface area contributed by atoms with Gasteiger partial charge < -0.3 is 10.8 Å². The third-order valence-corrected chi connectivity index (χ3v) is 4.00. The Morgan fingerprint density at radius 3 is 2.67 bits per heavy atom. The van der Waals surface area contributed by atoms with E-state index < -0.39 is 0 Å². The zero-order chi connectivity index (χ0) is 11.4. The van der Waals surface area contributed by atoms with Crippen LogP contribution in [0.1, 0.15) is 33.1 Å². The van der Waals surface area contributed by atoms with Gasteiger partial charge in [-0.05, 0) is 45.2 Å². The molecular weight excluding hydrogens is 188 g/mol. The SMILES string of the molecule is CC1CCC(CN)C(N(C)C(C)CO)C1. The van der Waals surface area contributed by atoms with Gasteiger partial charge in [0, 0.05) is 12.1 Å². The fraction of sp³-hybridized carbons (Fsp3) is 1.00. The summed E-state index contributed by atoms with van der Waals surface area (Å²) >= 11 is 0. The van der Waals surface area contributed by atoms with Crippen LogP contribution in [0.4, 0.5) is 0 Å². The van der Waals surface area contributed by atoms with Crippen molar-refractivity contribution < 1.29 is 5.11 Å². The lowest BCUT2D eigenvalue weighted by atomic mass is 9.78. The van der Waals surface area contributed by atoms with Crippen LogP contribution >= 0.6 is 0 Å². The van der Waals surface area contributed by atoms with Crippen molar-refractivity contribution >= 4 is 0 Å². The molecule has 0 aromatic heterocycles. The molecule has 4 atom stereocenters. The summed E-state index contributed by atoms with van der Waals surface area (Å²) in [5, 5.41) is 9.19. The van der Waals surface area contributed by atoms with Gasteiger partial charge >= 0.3 is 0 Å². The molecule has 1 saturated carbocycles. The Bertz CT molecular complexity index is 186. The monoisotopic (exact) mass is 214 g/mol. The number of likely N-dealkylation sites (N-methyl/N-ethyl adjacent to an activating group) is 1. The second-order valence-electron chi connectivity index (χ2n) is 5.18. The standard InChI is InChI=1S/C12H26N2O/c1-9-4-5-11(7-13)12(6-9)14(3)10(2)8-15/h9-12,15H,4-8,13H2,1-3H3. The molecule has 1 rings (SSSR count). The fourth-order valence-electron chi connectivity index (χ4n) is 2.64. The molecule has 1 fully saturated rings. The fourth-order valence-corrected chi connectivity index (χ4v) is 2.64. The summed E-state index contributed by atoms with van der Waals surface area (Å²) in [6.45, 7) is 5.41. The maximum Gasteiger partial charge on any atom is 0.0584 e. The zero-order valence-corrected chi connectivity index (χ0v) is 10.3. The van der Waals surface area contributed by atoms with Crippen LogP contribution in [-0.4, -0.2) is 42.3 Å². The lowest BCUT2D eigenvalue weighted by molar-refractivity contribution is 0.0541. The second kappa shape index (κ2) is 5.83. The predicted molar refractivity (Wildman–Crippen MR) is 63.7 cm³/mol. The minimum absolute atomic E-state index is 0.235. The third kappa shape index (κ3) is 3.16. The minimum atomic E-state index is 0.235. The lowest BCUT2D eigenvalue weighted by Gasteiger charge is -2.42. The van der Waals surface area contributed by atoms with Crippen molar-refractivity contribution in [2.75, 3.05) is 20.2 Å². The van der Waals surface area contributed by atoms with Crippen LogP contribution in [-0.2, 0) is 0 Å². The molecule has 1 aliphatic carbocycles. The summed E-state index contributed by atoms with van der Waals surface area (Å²) in [5.74, 6) is 1.41. The normalized spacial score (nSPS) is 34.4. The predicted octanol–water partition coefficient (Wildman–Crippen LogP) is 1.06. The van der Waals surface area contributed by atoms with Crippen molar-refractivity contribution in [1.82, 2.24) is 4.90 Å². The number of rotatable bonds is 4. The first kappa shape index (κ1) is 12.9. The molecule has 3 nitrogen and oxygen atoms in total. The molecule has 3 N–H and O–H groups in total. The van der Waals surface area contributed by atoms with E-state index in [1.54, 1.807) is 0 Å². The van der Waals surface area contributed by atoms with Gasteiger partial charge in [0.1, 0.15) is 0 Å². The summed E-state index contributed by atoms with van der Waals surface area (Å²) < 4.78 is 0. The van der Waals surface area contributed by atoms with Gasteiger partial charge in [0.15, 0.2) is 0 Å². The highest BCUT2D eigenvalue weighted by atomic mass is 16.3. The topological polar surface area (TPSA) is 49.5 Å². The van der Waals surface area contributed by atoms with E-state index in [0.29, 0.717) is 12.0 Å². The van der Waals surface area contributed by atoms with Gasteiger partial charge in [-0.15, -0.1) is 0 Å². The molecule has 0 heterocycles. The lowest BCUT2D eigenvalue weighted by Crippen LogP contribution is -2.49. The number of aliphatic hydroxyl groups is 1. The van der Waals surface area contributed by atoms with Crippen LogP contribution in [0.25, 0.3) is 0 Å². The quantitative estimate of drug-likeness (QED) is 0.736. The molecule has 3 heteroatoms. The average Bonchev–Trinajstić information content (AvgIpc) is 2.27. The number of nitrogens with two attached hydrogens (primary N) is 1. The van der Waals surface area contributed by atoms with E-state index in [1.165, 1.54) is 19.3 Å². The van der Waals surface area contributed by atoms with E-state index in [4.69, 9.17) is 5.73 Å². The Morgan fingerprint density at radius 1 is 1.47 bits per heavy atom. The van der Waals surface area contributed by atoms with Crippen LogP contribution in [0.15, 0.2) is 0 Å². The molecule has 0 spiro atoms. The Kier molecular flexibility index (Phi) is 5.03. The average molecular weight is 214 g/mol. The van der Waals surface area contributed by atoms with E-state index in [0.717, 1.165) is 12.5 Å². The minimum Gasteiger partial charge on any atom is -0.395 e. The first-order chi connectivity index (χ1) is 7.10. The summed E-state index contributed by atoms with van der Waals surface area (Å²) in [7, 11) is 2.12. The van der Waals surface area contributed by atoms with E-state index in [1.807, 2.05) is 0 Å². The van der Waals surface area contributed by atoms with Crippen LogP contribution in [0.3, 0.4) is 0 Å². The van der Waals surface area contributed by atoms with Crippen LogP contribution in [0.2, 0.25) is 0 Å². The molecule has 4 unspecified atom stereocenters. The Labute approximate surface area is 93.6 Å². The highest BCUT2D eigenvalue weighted by Gasteiger charge is 2.31. The van der Waals surface area contributed by atoms with Gasteiger partial charge in [-0.3, -0.25) is 4.90 Å². The van der Waals surface area contributed by atoms with Gasteiger partial charge in [-0.1, -0.05) is 13.3 Å². The Balaban J connectivity index is 2.61. The number of nitrogens with zero attached hydrogens (tertiary/aromatic N) is 1. The largest absolute Gasteiger partial charge is 0.395 e. The molecule has 0 saturated heterocycles. The molecule has 0 aromatic rings. The molecular formula is C12H26N2O. The van der Waals surface area contributed by atoms with Gasteiger partial charge in [-0.25, -0.2) is 0 Å². The molecule has 0 aliphatic heterocycles. The van der Waals surface area contributed by atoms with Crippen LogP contribution in [0.5, 0.6) is 0 Å². The van der Waals surface area contributed by atoms with Gasteiger partial charge in [0.2, 0.25) is 0 Å². The first-order valence-electron chi connectivity index (χ1n) is 6.13. The molecule has 90 valence electrons. The van der Waals surface area contributed by atoms with Gasteiger partial charge in [-0.2, -0.15) is 0 Å². The number of hydrogen-bond acceptors (Lipinski definition) is 3. The highest BCUT2D eigenvalue weighted by molar-refractivity contribution is 4.86. The smallest absolute Gasteiger partial charge is 0.0584 e. The molecule has 0 radical (unpaired) electrons. The summed E-state index contributed by atoms with van der Waals surface area (Å²) in [4.78, 5) is 2.31. The third-order valence-electron chi connectivity index (χ3n) is 4.00. The second-order valence-corrected chi connectivity index (χ2v) is 5.18. The van der Waals surface area contributed by atoms with Gasteiger partial charge in [0.05, 0.1) is 6.61 Å². The van der Waals surface area contributed by atoms with E-state index in [2.05, 4.69) is 25.8 Å². The molecule has 0 aromatic carbocycles. The van der Waals surface area contributed by atoms with Crippen molar-refractivity contribution in [3.05, 3.63) is 0 Å². The van der Waals surface area contributed by atoms with Crippen molar-refractivity contribution in [2.45, 2.75) is 45.2 Å². The zero-order valence-electron chi connectivity index (χ0n) is 10.3. The maximum atomic E-state index is 9.19.